The first kappa shape index (κ1) is 11.0. The van der Waals surface area contributed by atoms with Crippen LogP contribution >= 0.6 is 0 Å². The molecule has 0 saturated heterocycles. The second-order valence-corrected chi connectivity index (χ2v) is 4.17. The Labute approximate surface area is 95.6 Å². The minimum absolute atomic E-state index is 0.454. The number of nitrogen functional groups attached to an aromatic ring is 1. The number of nitrogens with zero attached hydrogens (tertiary/aromatic N) is 3. The number of methoxy groups -OCH3 is 1. The maximum atomic E-state index is 5.97. The van der Waals surface area contributed by atoms with Gasteiger partial charge in [0.25, 0.3) is 0 Å². The van der Waals surface area contributed by atoms with Gasteiger partial charge in [0.05, 0.1) is 7.11 Å². The van der Waals surface area contributed by atoms with Gasteiger partial charge in [-0.05, 0) is 12.8 Å². The molecule has 1 saturated carbocycles. The predicted octanol–water partition coefficient (Wildman–Crippen LogP) is 1.45. The number of hydrogen-bond donors (Lipinski definition) is 1. The number of nitrogens with two attached hydrogens (primary N) is 1. The lowest BCUT2D eigenvalue weighted by Crippen LogP contribution is -2.30. The summed E-state index contributed by atoms with van der Waals surface area (Å²) < 4.78 is 5.10. The molecule has 0 spiro atoms. The van der Waals surface area contributed by atoms with E-state index in [-0.39, 0.29) is 0 Å². The van der Waals surface area contributed by atoms with E-state index in [1.54, 1.807) is 7.11 Å². The van der Waals surface area contributed by atoms with E-state index in [1.807, 2.05) is 7.05 Å². The van der Waals surface area contributed by atoms with Gasteiger partial charge in [0.2, 0.25) is 5.88 Å². The molecule has 0 radical (unpaired) electrons. The molecule has 2 rings (SSSR count). The Kier molecular flexibility index (Phi) is 3.12. The summed E-state index contributed by atoms with van der Waals surface area (Å²) in [6.07, 6.45) is 6.49. The molecular weight excluding hydrogens is 204 g/mol. The lowest BCUT2D eigenvalue weighted by molar-refractivity contribution is 0.399. The van der Waals surface area contributed by atoms with Crippen LogP contribution < -0.4 is 15.4 Å². The predicted molar refractivity (Wildman–Crippen MR) is 63.7 cm³/mol. The second-order valence-electron chi connectivity index (χ2n) is 4.17. The molecule has 1 aromatic heterocycles. The molecular formula is C11H18N4O. The summed E-state index contributed by atoms with van der Waals surface area (Å²) in [5, 5.41) is 0. The topological polar surface area (TPSA) is 64.3 Å². The largest absolute Gasteiger partial charge is 0.479 e. The zero-order valence-electron chi connectivity index (χ0n) is 9.81. The van der Waals surface area contributed by atoms with E-state index in [0.29, 0.717) is 17.6 Å². The van der Waals surface area contributed by atoms with Gasteiger partial charge in [-0.15, -0.1) is 0 Å². The molecule has 1 aromatic rings. The van der Waals surface area contributed by atoms with Crippen molar-refractivity contribution in [2.45, 2.75) is 31.7 Å². The fourth-order valence-electron chi connectivity index (χ4n) is 2.28. The summed E-state index contributed by atoms with van der Waals surface area (Å²) in [7, 11) is 3.60. The maximum Gasteiger partial charge on any atom is 0.242 e. The lowest BCUT2D eigenvalue weighted by atomic mass is 10.2. The maximum absolute atomic E-state index is 5.97. The van der Waals surface area contributed by atoms with E-state index in [2.05, 4.69) is 14.9 Å². The first-order valence-electron chi connectivity index (χ1n) is 5.61. The number of aromatic nitrogens is 2. The summed E-state index contributed by atoms with van der Waals surface area (Å²) in [6.45, 7) is 0. The first-order chi connectivity index (χ1) is 7.74. The van der Waals surface area contributed by atoms with Crippen LogP contribution in [0, 0.1) is 0 Å². The summed E-state index contributed by atoms with van der Waals surface area (Å²) >= 11 is 0. The Balaban J connectivity index is 2.25. The normalized spacial score (nSPS) is 16.4. The second kappa shape index (κ2) is 4.55. The Bertz CT molecular complexity index is 363. The fraction of sp³-hybridized carbons (Fsp3) is 0.636. The highest BCUT2D eigenvalue weighted by atomic mass is 16.5. The molecule has 0 aromatic carbocycles. The third-order valence-electron chi connectivity index (χ3n) is 3.23. The van der Waals surface area contributed by atoms with E-state index in [1.165, 1.54) is 32.0 Å². The summed E-state index contributed by atoms with van der Waals surface area (Å²) in [5.41, 5.74) is 6.50. The molecule has 0 amide bonds. The molecule has 5 heteroatoms. The minimum Gasteiger partial charge on any atom is -0.479 e. The zero-order valence-corrected chi connectivity index (χ0v) is 9.81. The van der Waals surface area contributed by atoms with E-state index in [4.69, 9.17) is 10.5 Å². The van der Waals surface area contributed by atoms with Crippen LogP contribution in [0.3, 0.4) is 0 Å². The van der Waals surface area contributed by atoms with Gasteiger partial charge in [-0.3, -0.25) is 0 Å². The first-order valence-corrected chi connectivity index (χ1v) is 5.61. The van der Waals surface area contributed by atoms with Gasteiger partial charge < -0.3 is 15.4 Å². The molecule has 5 nitrogen and oxygen atoms in total. The van der Waals surface area contributed by atoms with Crippen molar-refractivity contribution < 1.29 is 4.74 Å². The van der Waals surface area contributed by atoms with Crippen LogP contribution in [0.4, 0.5) is 11.5 Å². The van der Waals surface area contributed by atoms with Crippen molar-refractivity contribution >= 4 is 11.5 Å². The van der Waals surface area contributed by atoms with Crippen LogP contribution in [0.2, 0.25) is 0 Å². The van der Waals surface area contributed by atoms with Gasteiger partial charge in [0.15, 0.2) is 5.82 Å². The Hall–Kier alpha value is -1.52. The van der Waals surface area contributed by atoms with Crippen LogP contribution in [0.5, 0.6) is 5.88 Å². The van der Waals surface area contributed by atoms with E-state index in [9.17, 15) is 0 Å². The van der Waals surface area contributed by atoms with Crippen molar-refractivity contribution in [2.75, 3.05) is 24.8 Å². The third-order valence-corrected chi connectivity index (χ3v) is 3.23. The highest BCUT2D eigenvalue weighted by Gasteiger charge is 2.23. The standard InChI is InChI=1S/C11H18N4O/c1-15(8-5-3-4-6-8)10-9(12)11(16-2)14-7-13-10/h7-8H,3-6,12H2,1-2H3. The van der Waals surface area contributed by atoms with Crippen LogP contribution in [-0.2, 0) is 0 Å². The van der Waals surface area contributed by atoms with Gasteiger partial charge in [-0.25, -0.2) is 4.98 Å². The van der Waals surface area contributed by atoms with Gasteiger partial charge in [0.1, 0.15) is 12.0 Å². The minimum atomic E-state index is 0.454. The highest BCUT2D eigenvalue weighted by Crippen LogP contribution is 2.32. The fourth-order valence-corrected chi connectivity index (χ4v) is 2.28. The van der Waals surface area contributed by atoms with Crippen molar-refractivity contribution in [3.8, 4) is 5.88 Å². The summed E-state index contributed by atoms with van der Waals surface area (Å²) in [4.78, 5) is 10.4. The number of ether oxygens (including phenoxy) is 1. The SMILES string of the molecule is COc1ncnc(N(C)C2CCCC2)c1N. The molecule has 16 heavy (non-hydrogen) atoms. The van der Waals surface area contributed by atoms with Gasteiger partial charge in [-0.1, -0.05) is 12.8 Å². The average Bonchev–Trinajstić information content (AvgIpc) is 2.82. The van der Waals surface area contributed by atoms with Gasteiger partial charge in [0, 0.05) is 13.1 Å². The molecule has 1 fully saturated rings. The van der Waals surface area contributed by atoms with Crippen LogP contribution in [0.1, 0.15) is 25.7 Å². The Morgan fingerprint density at radius 1 is 1.38 bits per heavy atom. The van der Waals surface area contributed by atoms with Crippen molar-refractivity contribution in [1.29, 1.82) is 0 Å². The van der Waals surface area contributed by atoms with E-state index < -0.39 is 0 Å². The molecule has 0 unspecified atom stereocenters. The number of hydrogen-bond acceptors (Lipinski definition) is 5. The Morgan fingerprint density at radius 3 is 2.69 bits per heavy atom. The quantitative estimate of drug-likeness (QED) is 0.838. The zero-order chi connectivity index (χ0) is 11.5. The number of rotatable bonds is 3. The van der Waals surface area contributed by atoms with Crippen molar-refractivity contribution in [2.24, 2.45) is 0 Å². The van der Waals surface area contributed by atoms with Crippen molar-refractivity contribution in [3.63, 3.8) is 0 Å². The van der Waals surface area contributed by atoms with Gasteiger partial charge in [-0.2, -0.15) is 4.98 Å². The molecule has 2 N–H and O–H groups in total. The monoisotopic (exact) mass is 222 g/mol. The molecule has 1 aliphatic carbocycles. The van der Waals surface area contributed by atoms with Crippen molar-refractivity contribution in [1.82, 2.24) is 9.97 Å². The van der Waals surface area contributed by atoms with Crippen LogP contribution in [0.15, 0.2) is 6.33 Å². The smallest absolute Gasteiger partial charge is 0.242 e. The summed E-state index contributed by atoms with van der Waals surface area (Å²) in [6, 6.07) is 0.543. The average molecular weight is 222 g/mol. The molecule has 88 valence electrons. The van der Waals surface area contributed by atoms with Gasteiger partial charge >= 0.3 is 0 Å². The summed E-state index contributed by atoms with van der Waals surface area (Å²) in [5.74, 6) is 1.23. The molecule has 0 atom stereocenters. The van der Waals surface area contributed by atoms with Crippen LogP contribution in [0.25, 0.3) is 0 Å². The molecule has 1 aliphatic rings. The van der Waals surface area contributed by atoms with Crippen molar-refractivity contribution in [3.05, 3.63) is 6.33 Å². The van der Waals surface area contributed by atoms with E-state index >= 15 is 0 Å². The Morgan fingerprint density at radius 2 is 2.06 bits per heavy atom. The third kappa shape index (κ3) is 1.89. The lowest BCUT2D eigenvalue weighted by Gasteiger charge is -2.26. The molecule has 0 bridgehead atoms. The number of anilines is 2. The van der Waals surface area contributed by atoms with E-state index in [0.717, 1.165) is 5.82 Å². The highest BCUT2D eigenvalue weighted by molar-refractivity contribution is 5.67. The van der Waals surface area contributed by atoms with Crippen LogP contribution in [-0.4, -0.2) is 30.2 Å². The molecule has 1 heterocycles. The molecule has 0 aliphatic heterocycles.